The molecular weight excluding hydrogens is 900 g/mol. The highest BCUT2D eigenvalue weighted by Gasteiger charge is 2.42. The van der Waals surface area contributed by atoms with E-state index >= 15 is 0 Å². The maximum Gasteiger partial charge on any atom is 0.263 e. The van der Waals surface area contributed by atoms with Crippen LogP contribution in [-0.4, -0.2) is 90.2 Å². The summed E-state index contributed by atoms with van der Waals surface area (Å²) in [6, 6.07) is 34.7. The number of likely N-dealkylation sites (tertiary alicyclic amines) is 2. The number of aromatic nitrogens is 4. The number of aliphatic hydroxyl groups is 2. The Balaban J connectivity index is 0.000000149. The number of rotatable bonds is 6. The van der Waals surface area contributed by atoms with Crippen LogP contribution < -0.4 is 9.47 Å². The lowest BCUT2D eigenvalue weighted by Gasteiger charge is -2.39. The molecular formula is C54H48Cl2N6O6. The van der Waals surface area contributed by atoms with Crippen LogP contribution in [0.5, 0.6) is 11.5 Å². The average Bonchev–Trinajstić information content (AvgIpc) is 4.21. The molecule has 4 N–H and O–H groups in total. The molecule has 4 aromatic heterocycles. The van der Waals surface area contributed by atoms with E-state index in [4.69, 9.17) is 32.7 Å². The van der Waals surface area contributed by atoms with Crippen molar-refractivity contribution in [2.75, 3.05) is 26.2 Å². The zero-order valence-corrected chi connectivity index (χ0v) is 38.5. The molecule has 68 heavy (non-hydrogen) atoms. The van der Waals surface area contributed by atoms with E-state index in [1.165, 1.54) is 0 Å². The second-order valence-corrected chi connectivity index (χ2v) is 19.0. The number of benzene rings is 4. The highest BCUT2D eigenvalue weighted by atomic mass is 35.5. The number of carbonyl (C=O) groups excluding carboxylic acids is 2. The van der Waals surface area contributed by atoms with Gasteiger partial charge in [-0.15, -0.1) is 0 Å². The molecule has 0 aliphatic carbocycles. The van der Waals surface area contributed by atoms with E-state index in [0.29, 0.717) is 86.2 Å². The fourth-order valence-corrected chi connectivity index (χ4v) is 10.9. The first-order valence-corrected chi connectivity index (χ1v) is 23.8. The van der Waals surface area contributed by atoms with Crippen molar-refractivity contribution in [2.45, 2.75) is 61.9 Å². The fraction of sp³-hybridized carbons (Fsp3) is 0.259. The van der Waals surface area contributed by atoms with Crippen molar-refractivity contribution in [1.29, 1.82) is 0 Å². The first-order valence-electron chi connectivity index (χ1n) is 23.0. The van der Waals surface area contributed by atoms with E-state index in [2.05, 4.69) is 19.9 Å². The zero-order chi connectivity index (χ0) is 46.6. The van der Waals surface area contributed by atoms with Crippen LogP contribution in [0.3, 0.4) is 0 Å². The SMILES string of the molecule is O=C([C@@H]1Cc2cc(Cl)cc(-c3ccnc4[nH]ccc34)c2O1)N1CCC(O)(c2ccccc2)CC1.O=C([C@H]1Cc2cc(Cl)cc(-c3ccnc4[nH]ccc34)c2O1)N1CCC(O)(c2ccccc2)CC1. The van der Waals surface area contributed by atoms with Crippen LogP contribution in [0.25, 0.3) is 44.3 Å². The summed E-state index contributed by atoms with van der Waals surface area (Å²) in [4.78, 5) is 45.4. The van der Waals surface area contributed by atoms with Crippen molar-refractivity contribution in [1.82, 2.24) is 29.7 Å². The number of aromatic amines is 2. The smallest absolute Gasteiger partial charge is 0.263 e. The van der Waals surface area contributed by atoms with Crippen LogP contribution in [0.15, 0.2) is 134 Å². The summed E-state index contributed by atoms with van der Waals surface area (Å²) >= 11 is 12.9. The maximum atomic E-state index is 13.4. The Morgan fingerprint density at radius 2 is 0.956 bits per heavy atom. The van der Waals surface area contributed by atoms with E-state index in [1.807, 2.05) is 131 Å². The van der Waals surface area contributed by atoms with Gasteiger partial charge in [0, 0.05) is 107 Å². The van der Waals surface area contributed by atoms with E-state index in [9.17, 15) is 19.8 Å². The molecule has 0 radical (unpaired) electrons. The standard InChI is InChI=1S/2C27H24ClN3O3/c2*28-19-14-17-15-23(26(32)31-12-8-27(33,9-13-31)18-4-2-1-3-5-18)34-24(17)22(16-19)20-6-10-29-25-21(20)7-11-30-25/h2*1-7,10-11,14,16,23,33H,8-9,12-13,15H2,(H,29,30)/t2*23-/m10/s1. The van der Waals surface area contributed by atoms with E-state index in [1.54, 1.807) is 12.4 Å². The molecule has 0 saturated carbocycles. The van der Waals surface area contributed by atoms with Gasteiger partial charge in [0.25, 0.3) is 11.8 Å². The number of pyridine rings is 2. The van der Waals surface area contributed by atoms with Crippen LogP contribution >= 0.6 is 23.2 Å². The third-order valence-corrected chi connectivity index (χ3v) is 14.5. The van der Waals surface area contributed by atoms with Gasteiger partial charge in [-0.05, 0) is 96.5 Å². The van der Waals surface area contributed by atoms with Crippen LogP contribution in [0.4, 0.5) is 0 Å². The Morgan fingerprint density at radius 1 is 0.559 bits per heavy atom. The summed E-state index contributed by atoms with van der Waals surface area (Å²) < 4.78 is 12.6. The number of nitrogens with zero attached hydrogens (tertiary/aromatic N) is 4. The summed E-state index contributed by atoms with van der Waals surface area (Å²) in [6.45, 7) is 1.95. The molecule has 4 aliphatic heterocycles. The minimum absolute atomic E-state index is 0.0464. The number of hydrogen-bond acceptors (Lipinski definition) is 8. The molecule has 8 heterocycles. The average molecular weight is 948 g/mol. The molecule has 2 saturated heterocycles. The summed E-state index contributed by atoms with van der Waals surface area (Å²) in [5.74, 6) is 1.31. The Kier molecular flexibility index (Phi) is 11.4. The molecule has 0 spiro atoms. The molecule has 8 aromatic rings. The molecule has 4 aromatic carbocycles. The second-order valence-electron chi connectivity index (χ2n) is 18.1. The minimum atomic E-state index is -0.901. The first-order chi connectivity index (χ1) is 33.0. The normalized spacial score (nSPS) is 19.1. The number of amides is 2. The molecule has 4 aliphatic rings. The summed E-state index contributed by atoms with van der Waals surface area (Å²) in [5.41, 5.74) is 7.09. The Bertz CT molecular complexity index is 2970. The van der Waals surface area contributed by atoms with Gasteiger partial charge in [-0.1, -0.05) is 83.9 Å². The number of nitrogens with one attached hydrogen (secondary N) is 2. The van der Waals surface area contributed by atoms with Crippen molar-refractivity contribution in [3.63, 3.8) is 0 Å². The number of halogens is 2. The van der Waals surface area contributed by atoms with Crippen molar-refractivity contribution in [2.24, 2.45) is 0 Å². The van der Waals surface area contributed by atoms with Gasteiger partial charge >= 0.3 is 0 Å². The van der Waals surface area contributed by atoms with Gasteiger partial charge in [0.1, 0.15) is 22.8 Å². The lowest BCUT2D eigenvalue weighted by Crippen LogP contribution is -2.49. The lowest BCUT2D eigenvalue weighted by molar-refractivity contribution is -0.143. The molecule has 12 rings (SSSR count). The van der Waals surface area contributed by atoms with E-state index in [-0.39, 0.29) is 11.8 Å². The van der Waals surface area contributed by atoms with Crippen molar-refractivity contribution in [3.8, 4) is 33.8 Å². The van der Waals surface area contributed by atoms with Gasteiger partial charge in [-0.25, -0.2) is 9.97 Å². The van der Waals surface area contributed by atoms with Gasteiger partial charge in [-0.2, -0.15) is 0 Å². The quantitative estimate of drug-likeness (QED) is 0.129. The lowest BCUT2D eigenvalue weighted by atomic mass is 9.84. The number of piperidine rings is 2. The summed E-state index contributed by atoms with van der Waals surface area (Å²) in [6.07, 6.45) is 8.97. The number of fused-ring (bicyclic) bond motifs is 4. The molecule has 2 amide bonds. The van der Waals surface area contributed by atoms with E-state index < -0.39 is 23.4 Å². The maximum absolute atomic E-state index is 13.4. The molecule has 344 valence electrons. The predicted molar refractivity (Wildman–Crippen MR) is 262 cm³/mol. The van der Waals surface area contributed by atoms with Crippen LogP contribution in [0.1, 0.15) is 47.9 Å². The minimum Gasteiger partial charge on any atom is -0.479 e. The van der Waals surface area contributed by atoms with Crippen molar-refractivity contribution >= 4 is 57.1 Å². The number of hydrogen-bond donors (Lipinski definition) is 4. The zero-order valence-electron chi connectivity index (χ0n) is 37.0. The molecule has 0 unspecified atom stereocenters. The Labute approximate surface area is 402 Å². The fourth-order valence-electron chi connectivity index (χ4n) is 10.4. The van der Waals surface area contributed by atoms with Crippen LogP contribution in [-0.2, 0) is 33.6 Å². The molecule has 14 heteroatoms. The third kappa shape index (κ3) is 8.15. The molecule has 2 atom stereocenters. The number of H-pyrrole nitrogens is 2. The van der Waals surface area contributed by atoms with Gasteiger partial charge in [0.2, 0.25) is 0 Å². The van der Waals surface area contributed by atoms with Gasteiger partial charge < -0.3 is 39.5 Å². The van der Waals surface area contributed by atoms with Crippen molar-refractivity contribution < 1.29 is 29.3 Å². The predicted octanol–water partition coefficient (Wildman–Crippen LogP) is 9.39. The largest absolute Gasteiger partial charge is 0.479 e. The van der Waals surface area contributed by atoms with Crippen LogP contribution in [0, 0.1) is 0 Å². The second kappa shape index (κ2) is 17.7. The van der Waals surface area contributed by atoms with Crippen molar-refractivity contribution in [3.05, 3.63) is 166 Å². The van der Waals surface area contributed by atoms with Gasteiger partial charge in [0.15, 0.2) is 12.2 Å². The summed E-state index contributed by atoms with van der Waals surface area (Å²) in [7, 11) is 0. The monoisotopic (exact) mass is 946 g/mol. The van der Waals surface area contributed by atoms with E-state index in [0.717, 1.165) is 66.6 Å². The van der Waals surface area contributed by atoms with Gasteiger partial charge in [-0.3, -0.25) is 9.59 Å². The number of ether oxygens (including phenoxy) is 2. The highest BCUT2D eigenvalue weighted by molar-refractivity contribution is 6.31. The topological polar surface area (TPSA) is 157 Å². The highest BCUT2D eigenvalue weighted by Crippen LogP contribution is 2.46. The van der Waals surface area contributed by atoms with Crippen LogP contribution in [0.2, 0.25) is 10.0 Å². The first kappa shape index (κ1) is 43.8. The Hall–Kier alpha value is -6.70. The molecule has 0 bridgehead atoms. The Morgan fingerprint density at radius 3 is 1.35 bits per heavy atom. The molecule has 12 nitrogen and oxygen atoms in total. The van der Waals surface area contributed by atoms with Gasteiger partial charge in [0.05, 0.1) is 11.2 Å². The summed E-state index contributed by atoms with van der Waals surface area (Å²) in [5, 5.41) is 25.4. The third-order valence-electron chi connectivity index (χ3n) is 14.1. The number of carbonyl (C=O) groups is 2. The molecule has 2 fully saturated rings.